The van der Waals surface area contributed by atoms with Crippen molar-refractivity contribution >= 4 is 42.7 Å². The molecular formula is C57H57Cl2SiZr. The molecule has 4 heteroatoms. The van der Waals surface area contributed by atoms with Crippen molar-refractivity contribution in [1.29, 1.82) is 0 Å². The number of allylic oxidation sites excluding steroid dienone is 1. The molecule has 9 rings (SSSR count). The molecule has 0 N–H and O–H groups in total. The molecule has 0 fully saturated rings. The van der Waals surface area contributed by atoms with Crippen molar-refractivity contribution in [2.24, 2.45) is 0 Å². The molecule has 7 aromatic rings. The molecule has 0 saturated carbocycles. The molecule has 1 unspecified atom stereocenters. The predicted octanol–water partition coefficient (Wildman–Crippen LogP) is 14.3. The first-order chi connectivity index (χ1) is 29.2. The molecule has 1 atom stereocenters. The Hall–Kier alpha value is -4.04. The Morgan fingerprint density at radius 3 is 1.70 bits per heavy atom. The van der Waals surface area contributed by atoms with E-state index in [9.17, 15) is 17.0 Å². The second kappa shape index (κ2) is 15.9. The minimum atomic E-state index is -5.67. The summed E-state index contributed by atoms with van der Waals surface area (Å²) in [6.45, 7) is 16.3. The van der Waals surface area contributed by atoms with E-state index in [2.05, 4.69) is 218 Å². The first-order valence-electron chi connectivity index (χ1n) is 22.1. The number of halogens is 2. The number of fused-ring (bicyclic) bond motifs is 4. The fourth-order valence-electron chi connectivity index (χ4n) is 10.5. The van der Waals surface area contributed by atoms with Gasteiger partial charge in [0.2, 0.25) is 0 Å². The Morgan fingerprint density at radius 2 is 1.11 bits per heavy atom. The second-order valence-corrected chi connectivity index (χ2v) is 56.7. The van der Waals surface area contributed by atoms with Crippen LogP contribution in [0.25, 0.3) is 39.5 Å². The van der Waals surface area contributed by atoms with Crippen LogP contribution < -0.4 is 13.6 Å². The van der Waals surface area contributed by atoms with Crippen LogP contribution in [0.5, 0.6) is 0 Å². The number of hydrogen-bond acceptors (Lipinski definition) is 0. The van der Waals surface area contributed by atoms with E-state index >= 15 is 0 Å². The van der Waals surface area contributed by atoms with Gasteiger partial charge < -0.3 is 0 Å². The van der Waals surface area contributed by atoms with Gasteiger partial charge >= 0.3 is 377 Å². The van der Waals surface area contributed by atoms with Gasteiger partial charge in [-0.25, -0.2) is 0 Å². The van der Waals surface area contributed by atoms with E-state index in [4.69, 9.17) is 0 Å². The molecule has 0 bridgehead atoms. The van der Waals surface area contributed by atoms with E-state index in [1.807, 2.05) is 0 Å². The van der Waals surface area contributed by atoms with Gasteiger partial charge in [0.25, 0.3) is 0 Å². The van der Waals surface area contributed by atoms with Crippen LogP contribution >= 0.6 is 17.0 Å². The molecule has 0 saturated heterocycles. The van der Waals surface area contributed by atoms with Crippen LogP contribution in [0.4, 0.5) is 0 Å². The van der Waals surface area contributed by atoms with Crippen LogP contribution in [0.3, 0.4) is 0 Å². The zero-order valence-electron chi connectivity index (χ0n) is 36.7. The van der Waals surface area contributed by atoms with E-state index in [1.54, 1.807) is 0 Å². The summed E-state index contributed by atoms with van der Waals surface area (Å²) in [6.07, 6.45) is 5.31. The van der Waals surface area contributed by atoms with Crippen LogP contribution in [0.1, 0.15) is 98.3 Å². The predicted molar refractivity (Wildman–Crippen MR) is 266 cm³/mol. The van der Waals surface area contributed by atoms with Crippen LogP contribution in [0, 0.1) is 0 Å². The van der Waals surface area contributed by atoms with Crippen molar-refractivity contribution in [3.63, 3.8) is 0 Å². The Balaban J connectivity index is 1.36. The number of benzene rings is 7. The van der Waals surface area contributed by atoms with Crippen LogP contribution in [0.2, 0.25) is 0 Å². The third kappa shape index (κ3) is 7.44. The van der Waals surface area contributed by atoms with Crippen molar-refractivity contribution in [3.8, 4) is 33.4 Å². The molecule has 0 spiro atoms. The summed E-state index contributed by atoms with van der Waals surface area (Å²) < 4.78 is 1.18. The van der Waals surface area contributed by atoms with Gasteiger partial charge in [0.05, 0.1) is 0 Å². The van der Waals surface area contributed by atoms with E-state index in [-0.39, 0.29) is 14.5 Å². The van der Waals surface area contributed by atoms with Crippen molar-refractivity contribution in [1.82, 2.24) is 0 Å². The van der Waals surface area contributed by atoms with Crippen molar-refractivity contribution in [2.75, 3.05) is 0 Å². The first-order valence-corrected chi connectivity index (χ1v) is 37.1. The van der Waals surface area contributed by atoms with Crippen molar-refractivity contribution < 1.29 is 15.6 Å². The monoisotopic (exact) mass is 929 g/mol. The van der Waals surface area contributed by atoms with Gasteiger partial charge in [0, 0.05) is 0 Å². The van der Waals surface area contributed by atoms with Crippen LogP contribution in [-0.4, -0.2) is 5.92 Å². The molecule has 0 heterocycles. The number of rotatable bonds is 9. The summed E-state index contributed by atoms with van der Waals surface area (Å²) in [4.78, 5) is 0. The zero-order chi connectivity index (χ0) is 42.8. The van der Waals surface area contributed by atoms with E-state index < -0.39 is 21.5 Å². The third-order valence-electron chi connectivity index (χ3n) is 13.6. The third-order valence-corrected chi connectivity index (χ3v) is 53.9. The molecule has 0 aromatic heterocycles. The summed E-state index contributed by atoms with van der Waals surface area (Å²) >= 11 is -5.67. The van der Waals surface area contributed by atoms with Gasteiger partial charge in [-0.3, -0.25) is 0 Å². The molecular weight excluding hydrogens is 875 g/mol. The molecule has 0 aliphatic heterocycles. The van der Waals surface area contributed by atoms with E-state index in [0.717, 1.165) is 19.3 Å². The quantitative estimate of drug-likeness (QED) is 0.127. The summed E-state index contributed by atoms with van der Waals surface area (Å²) in [7, 11) is 18.9. The minimum absolute atomic E-state index is 0.0248. The Labute approximate surface area is 373 Å². The maximum atomic E-state index is 9.46. The maximum absolute atomic E-state index is 9.46. The normalized spacial score (nSPS) is 15.5. The average Bonchev–Trinajstić information content (AvgIpc) is 3.83. The Kier molecular flexibility index (Phi) is 11.0. The number of hydrogen-bond donors (Lipinski definition) is 0. The standard InChI is InChI=1S/C24H21.C21H25.C12H11Si.2ClH.Zr/c1-2-7-18-16-22-10-6-11-23(24(22)17-18)21-14-12-20(13-15-21)19-8-4-3-5-9-19;1-20(2,3)16-9-7-14-11-15-8-10-17(21(4,5)6)13-19(15)18(14)12-16;1-3-7-11(8-4-1)13-12-9-5-2-6-10-12;;;/h3-6,8-17H,2,7H2,1H3;7,9-10,12-13H,11H2,1-6H3;1-10,13H;2*1H;/q;;;;;+2/p-2. The van der Waals surface area contributed by atoms with E-state index in [0.29, 0.717) is 0 Å². The van der Waals surface area contributed by atoms with Gasteiger partial charge in [-0.15, -0.1) is 0 Å². The summed E-state index contributed by atoms with van der Waals surface area (Å²) in [5, 5.41) is 2.64. The summed E-state index contributed by atoms with van der Waals surface area (Å²) in [5.41, 5.74) is 16.8. The zero-order valence-corrected chi connectivity index (χ0v) is 41.8. The van der Waals surface area contributed by atoms with Crippen LogP contribution in [-0.2, 0) is 32.8 Å². The van der Waals surface area contributed by atoms with E-state index in [1.165, 1.54) is 86.0 Å². The second-order valence-electron chi connectivity index (χ2n) is 19.7. The molecule has 0 nitrogen and oxygen atoms in total. The molecule has 2 aliphatic rings. The Bertz CT molecular complexity index is 2740. The SMILES string of the molecule is CCCC1=Cc2c(-c3ccc(-c4ccccc4)cc3)cccc2[CH]1[Zr]([Cl])([Cl])([c]1cc(C(C)(C)C)cc2c1Cc1ccc(C(C)(C)C)cc1-2)[SiH](c1ccccc1)c1ccccc1. The fraction of sp³-hybridized carbons (Fsp3) is 0.228. The summed E-state index contributed by atoms with van der Waals surface area (Å²) in [5.74, 6) is -2.47. The molecule has 7 aromatic carbocycles. The van der Waals surface area contributed by atoms with Gasteiger partial charge in [-0.1, -0.05) is 0 Å². The molecule has 2 aliphatic carbocycles. The molecule has 0 amide bonds. The topological polar surface area (TPSA) is 0 Å². The van der Waals surface area contributed by atoms with Crippen molar-refractivity contribution in [2.45, 2.75) is 82.2 Å². The molecule has 0 radical (unpaired) electrons. The molecule has 61 heavy (non-hydrogen) atoms. The fourth-order valence-corrected chi connectivity index (χ4v) is 56.4. The van der Waals surface area contributed by atoms with Gasteiger partial charge in [-0.05, 0) is 0 Å². The van der Waals surface area contributed by atoms with Crippen LogP contribution in [0.15, 0.2) is 169 Å². The Morgan fingerprint density at radius 1 is 0.557 bits per heavy atom. The van der Waals surface area contributed by atoms with Gasteiger partial charge in [0.1, 0.15) is 0 Å². The van der Waals surface area contributed by atoms with Gasteiger partial charge in [0.15, 0.2) is 0 Å². The van der Waals surface area contributed by atoms with Gasteiger partial charge in [-0.2, -0.15) is 0 Å². The molecule has 307 valence electrons. The summed E-state index contributed by atoms with van der Waals surface area (Å²) in [6, 6.07) is 61.3. The van der Waals surface area contributed by atoms with Crippen molar-refractivity contribution in [3.05, 3.63) is 203 Å². The first kappa shape index (κ1) is 42.3. The average molecular weight is 932 g/mol.